The SMILES string of the molecule is COc1cccc2c(O)cncc12. The summed E-state index contributed by atoms with van der Waals surface area (Å²) in [6.07, 6.45) is 3.09. The van der Waals surface area contributed by atoms with Crippen molar-refractivity contribution in [1.82, 2.24) is 4.98 Å². The van der Waals surface area contributed by atoms with E-state index in [0.29, 0.717) is 0 Å². The molecule has 0 unspecified atom stereocenters. The van der Waals surface area contributed by atoms with E-state index >= 15 is 0 Å². The summed E-state index contributed by atoms with van der Waals surface area (Å²) in [6, 6.07) is 5.50. The van der Waals surface area contributed by atoms with Crippen molar-refractivity contribution in [2.24, 2.45) is 0 Å². The molecule has 0 saturated carbocycles. The number of hydrogen-bond donors (Lipinski definition) is 1. The van der Waals surface area contributed by atoms with E-state index < -0.39 is 0 Å². The minimum Gasteiger partial charge on any atom is -0.506 e. The first-order chi connectivity index (χ1) is 6.33. The number of rotatable bonds is 1. The number of aromatic hydroxyl groups is 1. The maximum atomic E-state index is 9.47. The molecule has 2 rings (SSSR count). The van der Waals surface area contributed by atoms with Gasteiger partial charge in [-0.05, 0) is 6.07 Å². The fraction of sp³-hybridized carbons (Fsp3) is 0.100. The zero-order valence-electron chi connectivity index (χ0n) is 7.19. The van der Waals surface area contributed by atoms with Crippen molar-refractivity contribution in [2.45, 2.75) is 0 Å². The number of aromatic nitrogens is 1. The van der Waals surface area contributed by atoms with Gasteiger partial charge in [-0.1, -0.05) is 12.1 Å². The predicted octanol–water partition coefficient (Wildman–Crippen LogP) is 1.95. The molecule has 0 aliphatic carbocycles. The second kappa shape index (κ2) is 2.94. The van der Waals surface area contributed by atoms with Crippen molar-refractivity contribution >= 4 is 10.8 Å². The number of benzene rings is 1. The van der Waals surface area contributed by atoms with Crippen LogP contribution in [-0.2, 0) is 0 Å². The first-order valence-electron chi connectivity index (χ1n) is 3.92. The van der Waals surface area contributed by atoms with Crippen molar-refractivity contribution in [1.29, 1.82) is 0 Å². The number of nitrogens with zero attached hydrogens (tertiary/aromatic N) is 1. The van der Waals surface area contributed by atoms with E-state index in [0.717, 1.165) is 16.5 Å². The molecule has 1 N–H and O–H groups in total. The Bertz CT molecular complexity index is 440. The summed E-state index contributed by atoms with van der Waals surface area (Å²) < 4.78 is 5.13. The Morgan fingerprint density at radius 1 is 1.23 bits per heavy atom. The van der Waals surface area contributed by atoms with Gasteiger partial charge >= 0.3 is 0 Å². The normalized spacial score (nSPS) is 10.2. The molecule has 1 aromatic carbocycles. The van der Waals surface area contributed by atoms with Crippen molar-refractivity contribution in [2.75, 3.05) is 7.11 Å². The van der Waals surface area contributed by atoms with E-state index in [1.165, 1.54) is 6.20 Å². The third-order valence-electron chi connectivity index (χ3n) is 1.96. The minimum absolute atomic E-state index is 0.177. The molecule has 0 atom stereocenters. The van der Waals surface area contributed by atoms with E-state index in [1.807, 2.05) is 18.2 Å². The molecule has 2 aromatic rings. The molecule has 0 radical (unpaired) electrons. The lowest BCUT2D eigenvalue weighted by Crippen LogP contribution is -1.85. The Balaban J connectivity index is 2.84. The van der Waals surface area contributed by atoms with Gasteiger partial charge in [-0.25, -0.2) is 0 Å². The van der Waals surface area contributed by atoms with Gasteiger partial charge < -0.3 is 9.84 Å². The zero-order valence-corrected chi connectivity index (χ0v) is 7.19. The van der Waals surface area contributed by atoms with Gasteiger partial charge in [0.1, 0.15) is 11.5 Å². The van der Waals surface area contributed by atoms with Gasteiger partial charge in [0.05, 0.1) is 13.3 Å². The molecule has 1 aromatic heterocycles. The van der Waals surface area contributed by atoms with Crippen molar-refractivity contribution in [3.8, 4) is 11.5 Å². The lowest BCUT2D eigenvalue weighted by molar-refractivity contribution is 0.419. The zero-order chi connectivity index (χ0) is 9.26. The summed E-state index contributed by atoms with van der Waals surface area (Å²) in [5, 5.41) is 11.1. The van der Waals surface area contributed by atoms with Crippen LogP contribution in [0.25, 0.3) is 10.8 Å². The Labute approximate surface area is 75.6 Å². The van der Waals surface area contributed by atoms with Crippen LogP contribution in [-0.4, -0.2) is 17.2 Å². The molecule has 13 heavy (non-hydrogen) atoms. The molecular formula is C10H9NO2. The van der Waals surface area contributed by atoms with Crippen LogP contribution in [0.3, 0.4) is 0 Å². The van der Waals surface area contributed by atoms with Crippen LogP contribution in [0.5, 0.6) is 11.5 Å². The standard InChI is InChI=1S/C10H9NO2/c1-13-10-4-2-3-7-8(10)5-11-6-9(7)12/h2-6,12H,1H3. The molecule has 3 heteroatoms. The molecule has 0 amide bonds. The van der Waals surface area contributed by atoms with Gasteiger partial charge in [0.25, 0.3) is 0 Å². The quantitative estimate of drug-likeness (QED) is 0.720. The van der Waals surface area contributed by atoms with Crippen LogP contribution in [0, 0.1) is 0 Å². The largest absolute Gasteiger partial charge is 0.506 e. The molecule has 66 valence electrons. The molecule has 0 aliphatic rings. The van der Waals surface area contributed by atoms with Gasteiger partial charge in [0.15, 0.2) is 0 Å². The fourth-order valence-corrected chi connectivity index (χ4v) is 1.33. The Morgan fingerprint density at radius 2 is 2.08 bits per heavy atom. The monoisotopic (exact) mass is 175 g/mol. The highest BCUT2D eigenvalue weighted by Crippen LogP contribution is 2.29. The second-order valence-corrected chi connectivity index (χ2v) is 2.71. The summed E-state index contributed by atoms with van der Waals surface area (Å²) in [4.78, 5) is 3.89. The molecule has 3 nitrogen and oxygen atoms in total. The smallest absolute Gasteiger partial charge is 0.141 e. The Kier molecular flexibility index (Phi) is 1.77. The summed E-state index contributed by atoms with van der Waals surface area (Å²) in [5.41, 5.74) is 0. The maximum Gasteiger partial charge on any atom is 0.141 e. The first-order valence-corrected chi connectivity index (χ1v) is 3.92. The van der Waals surface area contributed by atoms with Crippen LogP contribution in [0.1, 0.15) is 0 Å². The average molecular weight is 175 g/mol. The van der Waals surface area contributed by atoms with Crippen molar-refractivity contribution in [3.05, 3.63) is 30.6 Å². The van der Waals surface area contributed by atoms with Gasteiger partial charge in [-0.2, -0.15) is 0 Å². The van der Waals surface area contributed by atoms with E-state index in [9.17, 15) is 5.11 Å². The molecule has 0 fully saturated rings. The Hall–Kier alpha value is -1.77. The number of ether oxygens (including phenoxy) is 1. The third-order valence-corrected chi connectivity index (χ3v) is 1.96. The number of hydrogen-bond acceptors (Lipinski definition) is 3. The van der Waals surface area contributed by atoms with Gasteiger partial charge in [-0.3, -0.25) is 4.98 Å². The lowest BCUT2D eigenvalue weighted by Gasteiger charge is -2.04. The van der Waals surface area contributed by atoms with Crippen LogP contribution in [0.15, 0.2) is 30.6 Å². The van der Waals surface area contributed by atoms with Gasteiger partial charge in [0, 0.05) is 17.0 Å². The lowest BCUT2D eigenvalue weighted by atomic mass is 10.1. The molecular weight excluding hydrogens is 166 g/mol. The van der Waals surface area contributed by atoms with Gasteiger partial charge in [-0.15, -0.1) is 0 Å². The number of pyridine rings is 1. The highest BCUT2D eigenvalue weighted by atomic mass is 16.5. The molecule has 0 saturated heterocycles. The van der Waals surface area contributed by atoms with Crippen LogP contribution in [0.4, 0.5) is 0 Å². The van der Waals surface area contributed by atoms with Gasteiger partial charge in [0.2, 0.25) is 0 Å². The summed E-state index contributed by atoms with van der Waals surface area (Å²) in [5.74, 6) is 0.900. The number of fused-ring (bicyclic) bond motifs is 1. The predicted molar refractivity (Wildman–Crippen MR) is 50.0 cm³/mol. The second-order valence-electron chi connectivity index (χ2n) is 2.71. The van der Waals surface area contributed by atoms with Crippen molar-refractivity contribution < 1.29 is 9.84 Å². The van der Waals surface area contributed by atoms with E-state index in [2.05, 4.69) is 4.98 Å². The van der Waals surface area contributed by atoms with Crippen LogP contribution < -0.4 is 4.74 Å². The van der Waals surface area contributed by atoms with Crippen molar-refractivity contribution in [3.63, 3.8) is 0 Å². The Morgan fingerprint density at radius 3 is 2.85 bits per heavy atom. The van der Waals surface area contributed by atoms with E-state index in [-0.39, 0.29) is 5.75 Å². The summed E-state index contributed by atoms with van der Waals surface area (Å²) >= 11 is 0. The molecule has 1 heterocycles. The molecule has 0 aliphatic heterocycles. The summed E-state index contributed by atoms with van der Waals surface area (Å²) in [7, 11) is 1.60. The molecule has 0 bridgehead atoms. The maximum absolute atomic E-state index is 9.47. The average Bonchev–Trinajstić information content (AvgIpc) is 2.18. The highest BCUT2D eigenvalue weighted by Gasteiger charge is 2.03. The topological polar surface area (TPSA) is 42.4 Å². The third kappa shape index (κ3) is 1.18. The highest BCUT2D eigenvalue weighted by molar-refractivity contribution is 5.91. The first kappa shape index (κ1) is 7.86. The molecule has 0 spiro atoms. The van der Waals surface area contributed by atoms with E-state index in [1.54, 1.807) is 13.3 Å². The minimum atomic E-state index is 0.177. The number of methoxy groups -OCH3 is 1. The van der Waals surface area contributed by atoms with Crippen LogP contribution >= 0.6 is 0 Å². The fourth-order valence-electron chi connectivity index (χ4n) is 1.33. The van der Waals surface area contributed by atoms with E-state index in [4.69, 9.17) is 4.74 Å². The van der Waals surface area contributed by atoms with Crippen LogP contribution in [0.2, 0.25) is 0 Å². The summed E-state index contributed by atoms with van der Waals surface area (Å²) in [6.45, 7) is 0.